The van der Waals surface area contributed by atoms with Crippen LogP contribution in [0.2, 0.25) is 0 Å². The summed E-state index contributed by atoms with van der Waals surface area (Å²) < 4.78 is 5.01. The molecular weight excluding hydrogens is 484 g/mol. The predicted octanol–water partition coefficient (Wildman–Crippen LogP) is 1.68. The van der Waals surface area contributed by atoms with Crippen molar-refractivity contribution in [3.8, 4) is 5.75 Å². The van der Waals surface area contributed by atoms with Crippen molar-refractivity contribution in [3.63, 3.8) is 0 Å². The molecule has 4 unspecified atom stereocenters. The molecule has 2 bridgehead atoms. The molecule has 0 saturated heterocycles. The Bertz CT molecular complexity index is 996. The number of hydrogen-bond acceptors (Lipinski definition) is 6. The zero-order chi connectivity index (χ0) is 27.1. The number of rotatable bonds is 14. The molecule has 0 heterocycles. The predicted molar refractivity (Wildman–Crippen MR) is 130 cm³/mol. The van der Waals surface area contributed by atoms with Crippen LogP contribution >= 0.6 is 0 Å². The molecule has 5 atom stereocenters. The molecular formula is C26H34N2O9. The summed E-state index contributed by atoms with van der Waals surface area (Å²) in [5, 5.41) is 33.3. The fourth-order valence-corrected chi connectivity index (χ4v) is 5.49. The van der Waals surface area contributed by atoms with Gasteiger partial charge >= 0.3 is 17.9 Å². The van der Waals surface area contributed by atoms with Gasteiger partial charge in [0.2, 0.25) is 11.8 Å². The highest BCUT2D eigenvalue weighted by Crippen LogP contribution is 2.52. The fraction of sp³-hybridized carbons (Fsp3) is 0.577. The highest BCUT2D eigenvalue weighted by Gasteiger charge is 2.54. The Balaban J connectivity index is 1.72. The number of carbonyl (C=O) groups excluding carboxylic acids is 2. The third-order valence-corrected chi connectivity index (χ3v) is 7.28. The van der Waals surface area contributed by atoms with Crippen LogP contribution in [0.15, 0.2) is 24.3 Å². The molecule has 202 valence electrons. The Labute approximate surface area is 214 Å². The van der Waals surface area contributed by atoms with Crippen LogP contribution in [0, 0.1) is 23.7 Å². The number of aliphatic carboxylic acids is 3. The van der Waals surface area contributed by atoms with Crippen LogP contribution in [0.3, 0.4) is 0 Å². The summed E-state index contributed by atoms with van der Waals surface area (Å²) in [6.07, 6.45) is 3.06. The zero-order valence-electron chi connectivity index (χ0n) is 20.7. The van der Waals surface area contributed by atoms with Gasteiger partial charge in [0, 0.05) is 13.0 Å². The SMILES string of the molecule is CCCCCNC(=O)[C@H](Cc1ccc(OC(C(=O)O)C(=O)O)cc1)NC(=O)C1C2CCC(C2)C1C(=O)O. The number of benzene rings is 1. The molecule has 1 aromatic rings. The van der Waals surface area contributed by atoms with E-state index < -0.39 is 47.8 Å². The molecule has 5 N–H and O–H groups in total. The Kier molecular flexibility index (Phi) is 9.48. The van der Waals surface area contributed by atoms with Gasteiger partial charge in [0.25, 0.3) is 6.10 Å². The van der Waals surface area contributed by atoms with Crippen LogP contribution in [0.25, 0.3) is 0 Å². The molecule has 11 heteroatoms. The summed E-state index contributed by atoms with van der Waals surface area (Å²) in [6, 6.07) is 4.94. The second-order valence-electron chi connectivity index (χ2n) is 9.80. The molecule has 1 aromatic carbocycles. The normalized spacial score (nSPS) is 22.9. The molecule has 2 amide bonds. The van der Waals surface area contributed by atoms with Crippen LogP contribution in [0.4, 0.5) is 0 Å². The van der Waals surface area contributed by atoms with Crippen LogP contribution < -0.4 is 15.4 Å². The highest BCUT2D eigenvalue weighted by molar-refractivity contribution is 5.96. The van der Waals surface area contributed by atoms with Crippen LogP contribution in [-0.4, -0.2) is 63.7 Å². The number of hydrogen-bond donors (Lipinski definition) is 5. The number of carbonyl (C=O) groups is 5. The van der Waals surface area contributed by atoms with Gasteiger partial charge in [0.15, 0.2) is 0 Å². The van der Waals surface area contributed by atoms with E-state index in [-0.39, 0.29) is 29.9 Å². The standard InChI is InChI=1S/C26H34N2O9/c1-2-3-4-11-27-22(29)18(28-23(30)19-15-7-8-16(13-15)20(19)24(31)32)12-14-5-9-17(10-6-14)37-21(25(33)34)26(35)36/h5-6,9-10,15-16,18-21H,2-4,7-8,11-13H2,1H3,(H,27,29)(H,28,30)(H,31,32)(H,33,34)(H,35,36)/t15?,16?,18-,19?,20?/m0/s1. The lowest BCUT2D eigenvalue weighted by molar-refractivity contribution is -0.159. The lowest BCUT2D eigenvalue weighted by atomic mass is 9.78. The zero-order valence-corrected chi connectivity index (χ0v) is 20.7. The van der Waals surface area contributed by atoms with E-state index in [4.69, 9.17) is 14.9 Å². The average Bonchev–Trinajstić information content (AvgIpc) is 3.47. The summed E-state index contributed by atoms with van der Waals surface area (Å²) in [5.41, 5.74) is 0.617. The average molecular weight is 519 g/mol. The van der Waals surface area contributed by atoms with Crippen molar-refractivity contribution < 1.29 is 44.0 Å². The van der Waals surface area contributed by atoms with Gasteiger partial charge < -0.3 is 30.7 Å². The Morgan fingerprint density at radius 1 is 0.946 bits per heavy atom. The number of fused-ring (bicyclic) bond motifs is 2. The van der Waals surface area contributed by atoms with Crippen LogP contribution in [-0.2, 0) is 30.4 Å². The van der Waals surface area contributed by atoms with Crippen molar-refractivity contribution in [2.45, 2.75) is 64.0 Å². The van der Waals surface area contributed by atoms with E-state index in [2.05, 4.69) is 10.6 Å². The Morgan fingerprint density at radius 2 is 1.57 bits per heavy atom. The van der Waals surface area contributed by atoms with Gasteiger partial charge in [-0.2, -0.15) is 0 Å². The van der Waals surface area contributed by atoms with Gasteiger partial charge in [-0.25, -0.2) is 9.59 Å². The van der Waals surface area contributed by atoms with Crippen molar-refractivity contribution in [1.82, 2.24) is 10.6 Å². The molecule has 2 aliphatic rings. The fourth-order valence-electron chi connectivity index (χ4n) is 5.49. The lowest BCUT2D eigenvalue weighted by Gasteiger charge is -2.29. The van der Waals surface area contributed by atoms with E-state index in [1.807, 2.05) is 6.92 Å². The van der Waals surface area contributed by atoms with E-state index in [0.29, 0.717) is 18.5 Å². The molecule has 0 radical (unpaired) electrons. The molecule has 2 aliphatic carbocycles. The largest absolute Gasteiger partial charge is 0.481 e. The molecule has 0 spiro atoms. The number of carboxylic acid groups (broad SMARTS) is 3. The Hall–Kier alpha value is -3.63. The second-order valence-corrected chi connectivity index (χ2v) is 9.80. The monoisotopic (exact) mass is 518 g/mol. The molecule has 37 heavy (non-hydrogen) atoms. The third-order valence-electron chi connectivity index (χ3n) is 7.28. The molecule has 0 aliphatic heterocycles. The summed E-state index contributed by atoms with van der Waals surface area (Å²) in [6.45, 7) is 2.49. The molecule has 2 saturated carbocycles. The first-order valence-corrected chi connectivity index (χ1v) is 12.6. The summed E-state index contributed by atoms with van der Waals surface area (Å²) >= 11 is 0. The van der Waals surface area contributed by atoms with E-state index in [0.717, 1.165) is 32.1 Å². The van der Waals surface area contributed by atoms with Crippen LogP contribution in [0.5, 0.6) is 5.75 Å². The maximum atomic E-state index is 13.2. The van der Waals surface area contributed by atoms with E-state index >= 15 is 0 Å². The highest BCUT2D eigenvalue weighted by atomic mass is 16.5. The van der Waals surface area contributed by atoms with Gasteiger partial charge in [0.1, 0.15) is 11.8 Å². The summed E-state index contributed by atoms with van der Waals surface area (Å²) in [4.78, 5) is 60.2. The smallest absolute Gasteiger partial charge is 0.356 e. The van der Waals surface area contributed by atoms with Gasteiger partial charge in [-0.1, -0.05) is 31.9 Å². The number of ether oxygens (including phenoxy) is 1. The first-order chi connectivity index (χ1) is 17.6. The minimum atomic E-state index is -2.06. The van der Waals surface area contributed by atoms with Gasteiger partial charge in [-0.15, -0.1) is 0 Å². The molecule has 0 aromatic heterocycles. The van der Waals surface area contributed by atoms with E-state index in [9.17, 15) is 29.1 Å². The van der Waals surface area contributed by atoms with Gasteiger partial charge in [-0.3, -0.25) is 14.4 Å². The number of nitrogens with one attached hydrogen (secondary N) is 2. The minimum absolute atomic E-state index is 0.00721. The number of amides is 2. The third kappa shape index (κ3) is 6.99. The second kappa shape index (κ2) is 12.6. The quantitative estimate of drug-likeness (QED) is 0.181. The summed E-state index contributed by atoms with van der Waals surface area (Å²) in [7, 11) is 0. The minimum Gasteiger partial charge on any atom is -0.481 e. The Morgan fingerprint density at radius 3 is 2.14 bits per heavy atom. The van der Waals surface area contributed by atoms with E-state index in [1.54, 1.807) is 12.1 Å². The lowest BCUT2D eigenvalue weighted by Crippen LogP contribution is -2.52. The maximum absolute atomic E-state index is 13.2. The van der Waals surface area contributed by atoms with Gasteiger partial charge in [0.05, 0.1) is 11.8 Å². The van der Waals surface area contributed by atoms with Crippen molar-refractivity contribution in [1.29, 1.82) is 0 Å². The van der Waals surface area contributed by atoms with Gasteiger partial charge in [-0.05, 0) is 55.2 Å². The molecule has 11 nitrogen and oxygen atoms in total. The topological polar surface area (TPSA) is 179 Å². The van der Waals surface area contributed by atoms with Crippen molar-refractivity contribution in [2.75, 3.05) is 6.54 Å². The first kappa shape index (κ1) is 27.9. The van der Waals surface area contributed by atoms with E-state index in [1.165, 1.54) is 12.1 Å². The number of unbranched alkanes of at least 4 members (excludes halogenated alkanes) is 2. The number of carboxylic acids is 3. The van der Waals surface area contributed by atoms with Crippen molar-refractivity contribution in [3.05, 3.63) is 29.8 Å². The van der Waals surface area contributed by atoms with Crippen LogP contribution in [0.1, 0.15) is 51.0 Å². The maximum Gasteiger partial charge on any atom is 0.356 e. The summed E-state index contributed by atoms with van der Waals surface area (Å²) in [5.74, 6) is -6.50. The first-order valence-electron chi connectivity index (χ1n) is 12.6. The molecule has 2 fully saturated rings. The van der Waals surface area contributed by atoms with Crippen molar-refractivity contribution in [2.24, 2.45) is 23.7 Å². The van der Waals surface area contributed by atoms with Crippen molar-refractivity contribution >= 4 is 29.7 Å². The molecule has 3 rings (SSSR count).